The summed E-state index contributed by atoms with van der Waals surface area (Å²) in [6.07, 6.45) is 0.744. The zero-order chi connectivity index (χ0) is 21.5. The van der Waals surface area contributed by atoms with Crippen molar-refractivity contribution in [3.05, 3.63) is 71.6 Å². The van der Waals surface area contributed by atoms with Gasteiger partial charge in [0.25, 0.3) is 0 Å². The molecule has 162 valence electrons. The number of aryl methyl sites for hydroxylation is 1. The van der Waals surface area contributed by atoms with Crippen molar-refractivity contribution in [2.75, 3.05) is 33.2 Å². The lowest BCUT2D eigenvalue weighted by Crippen LogP contribution is -2.43. The van der Waals surface area contributed by atoms with Crippen molar-refractivity contribution in [2.45, 2.75) is 25.9 Å². The van der Waals surface area contributed by atoms with Gasteiger partial charge in [-0.3, -0.25) is 9.69 Å². The number of benzene rings is 2. The average molecular weight is 420 g/mol. The molecule has 0 spiro atoms. The van der Waals surface area contributed by atoms with E-state index in [4.69, 9.17) is 4.42 Å². The van der Waals surface area contributed by atoms with Gasteiger partial charge in [0.2, 0.25) is 17.7 Å². The van der Waals surface area contributed by atoms with Crippen molar-refractivity contribution in [3.8, 4) is 11.5 Å². The van der Waals surface area contributed by atoms with Crippen LogP contribution >= 0.6 is 0 Å². The van der Waals surface area contributed by atoms with E-state index in [-0.39, 0.29) is 5.91 Å². The molecule has 1 aromatic heterocycles. The van der Waals surface area contributed by atoms with Crippen molar-refractivity contribution in [1.82, 2.24) is 25.3 Å². The zero-order valence-electron chi connectivity index (χ0n) is 18.0. The maximum absolute atomic E-state index is 12.2. The lowest BCUT2D eigenvalue weighted by atomic mass is 10.1. The van der Waals surface area contributed by atoms with Gasteiger partial charge in [-0.25, -0.2) is 0 Å². The van der Waals surface area contributed by atoms with Crippen LogP contribution in [-0.4, -0.2) is 59.1 Å². The van der Waals surface area contributed by atoms with Gasteiger partial charge in [-0.2, -0.15) is 0 Å². The molecule has 0 bridgehead atoms. The molecule has 0 radical (unpaired) electrons. The first-order chi connectivity index (χ1) is 15.2. The van der Waals surface area contributed by atoms with Crippen LogP contribution in [0.5, 0.6) is 0 Å². The molecule has 0 saturated carbocycles. The number of nitrogens with zero attached hydrogens (tertiary/aromatic N) is 4. The number of carbonyl (C=O) groups excluding carboxylic acids is 1. The SMILES string of the molecule is CN1CCN(Cc2ccc(CNC(=O)CCc3nnc(-c4ccccc4)o3)cc2)CC1. The summed E-state index contributed by atoms with van der Waals surface area (Å²) < 4.78 is 5.66. The molecule has 0 aliphatic carbocycles. The maximum atomic E-state index is 12.2. The topological polar surface area (TPSA) is 74.5 Å². The van der Waals surface area contributed by atoms with Crippen molar-refractivity contribution in [1.29, 1.82) is 0 Å². The van der Waals surface area contributed by atoms with Gasteiger partial charge in [-0.05, 0) is 30.3 Å². The normalized spacial score (nSPS) is 15.1. The van der Waals surface area contributed by atoms with Crippen molar-refractivity contribution in [2.24, 2.45) is 0 Å². The number of piperazine rings is 1. The summed E-state index contributed by atoms with van der Waals surface area (Å²) in [5.41, 5.74) is 3.28. The van der Waals surface area contributed by atoms with Gasteiger partial charge >= 0.3 is 0 Å². The quantitative estimate of drug-likeness (QED) is 0.605. The van der Waals surface area contributed by atoms with Crippen LogP contribution in [0.25, 0.3) is 11.5 Å². The number of rotatable bonds is 8. The molecular formula is C24H29N5O2. The van der Waals surface area contributed by atoms with Gasteiger partial charge in [-0.1, -0.05) is 42.5 Å². The van der Waals surface area contributed by atoms with Gasteiger partial charge in [0.05, 0.1) is 0 Å². The first-order valence-corrected chi connectivity index (χ1v) is 10.8. The van der Waals surface area contributed by atoms with Crippen molar-refractivity contribution < 1.29 is 9.21 Å². The molecule has 0 unspecified atom stereocenters. The molecule has 7 heteroatoms. The van der Waals surface area contributed by atoms with Crippen LogP contribution in [0.15, 0.2) is 59.0 Å². The van der Waals surface area contributed by atoms with Crippen LogP contribution in [-0.2, 0) is 24.3 Å². The molecule has 1 aliphatic rings. The Labute approximate surface area is 183 Å². The van der Waals surface area contributed by atoms with E-state index in [9.17, 15) is 4.79 Å². The summed E-state index contributed by atoms with van der Waals surface area (Å²) in [6, 6.07) is 18.1. The molecule has 4 rings (SSSR count). The second kappa shape index (κ2) is 10.3. The van der Waals surface area contributed by atoms with Gasteiger partial charge in [0.15, 0.2) is 0 Å². The summed E-state index contributed by atoms with van der Waals surface area (Å²) in [6.45, 7) is 5.98. The van der Waals surface area contributed by atoms with E-state index >= 15 is 0 Å². The van der Waals surface area contributed by atoms with Gasteiger partial charge < -0.3 is 14.6 Å². The summed E-state index contributed by atoms with van der Waals surface area (Å²) in [5.74, 6) is 0.927. The first-order valence-electron chi connectivity index (χ1n) is 10.8. The monoisotopic (exact) mass is 419 g/mol. The van der Waals surface area contributed by atoms with E-state index in [2.05, 4.69) is 56.6 Å². The highest BCUT2D eigenvalue weighted by Gasteiger charge is 2.14. The Bertz CT molecular complexity index is 963. The molecule has 1 N–H and O–H groups in total. The van der Waals surface area contributed by atoms with E-state index in [0.29, 0.717) is 31.2 Å². The molecule has 1 fully saturated rings. The third-order valence-corrected chi connectivity index (χ3v) is 5.57. The number of likely N-dealkylation sites (N-methyl/N-ethyl adjacent to an activating group) is 1. The molecule has 1 amide bonds. The molecule has 0 atom stereocenters. The van der Waals surface area contributed by atoms with Crippen LogP contribution in [0.3, 0.4) is 0 Å². The molecular weight excluding hydrogens is 390 g/mol. The minimum Gasteiger partial charge on any atom is -0.421 e. The molecule has 7 nitrogen and oxygen atoms in total. The predicted molar refractivity (Wildman–Crippen MR) is 119 cm³/mol. The Morgan fingerprint density at radius 1 is 0.968 bits per heavy atom. The molecule has 2 aromatic carbocycles. The van der Waals surface area contributed by atoms with Crippen LogP contribution in [0.4, 0.5) is 0 Å². The summed E-state index contributed by atoms with van der Waals surface area (Å²) in [5, 5.41) is 11.1. The Morgan fingerprint density at radius 2 is 1.68 bits per heavy atom. The second-order valence-corrected chi connectivity index (χ2v) is 8.04. The van der Waals surface area contributed by atoms with Gasteiger partial charge in [-0.15, -0.1) is 10.2 Å². The summed E-state index contributed by atoms with van der Waals surface area (Å²) in [7, 11) is 2.17. The number of hydrogen-bond donors (Lipinski definition) is 1. The molecule has 31 heavy (non-hydrogen) atoms. The number of amides is 1. The standard InChI is InChI=1S/C24H29N5O2/c1-28-13-15-29(16-14-28)18-20-9-7-19(8-10-20)17-25-22(30)11-12-23-26-27-24(31-23)21-5-3-2-4-6-21/h2-10H,11-18H2,1H3,(H,25,30). The van der Waals surface area contributed by atoms with E-state index in [1.165, 1.54) is 5.56 Å². The average Bonchev–Trinajstić information content (AvgIpc) is 3.28. The number of aromatic nitrogens is 2. The number of hydrogen-bond acceptors (Lipinski definition) is 6. The Balaban J connectivity index is 1.19. The third-order valence-electron chi connectivity index (χ3n) is 5.57. The van der Waals surface area contributed by atoms with E-state index < -0.39 is 0 Å². The minimum atomic E-state index is -0.0269. The Kier molecular flexibility index (Phi) is 7.07. The molecule has 2 heterocycles. The maximum Gasteiger partial charge on any atom is 0.247 e. The highest BCUT2D eigenvalue weighted by atomic mass is 16.4. The van der Waals surface area contributed by atoms with Crippen LogP contribution in [0.2, 0.25) is 0 Å². The minimum absolute atomic E-state index is 0.0269. The molecule has 3 aromatic rings. The van der Waals surface area contributed by atoms with E-state index in [0.717, 1.165) is 43.9 Å². The first kappa shape index (κ1) is 21.2. The van der Waals surface area contributed by atoms with E-state index in [1.54, 1.807) is 0 Å². The van der Waals surface area contributed by atoms with Crippen LogP contribution in [0, 0.1) is 0 Å². The van der Waals surface area contributed by atoms with Crippen LogP contribution < -0.4 is 5.32 Å². The second-order valence-electron chi connectivity index (χ2n) is 8.04. The van der Waals surface area contributed by atoms with Crippen molar-refractivity contribution >= 4 is 5.91 Å². The number of nitrogens with one attached hydrogen (secondary N) is 1. The van der Waals surface area contributed by atoms with Gasteiger partial charge in [0.1, 0.15) is 0 Å². The smallest absolute Gasteiger partial charge is 0.247 e. The fourth-order valence-electron chi connectivity index (χ4n) is 3.59. The zero-order valence-corrected chi connectivity index (χ0v) is 18.0. The predicted octanol–water partition coefficient (Wildman–Crippen LogP) is 2.73. The summed E-state index contributed by atoms with van der Waals surface area (Å²) >= 11 is 0. The van der Waals surface area contributed by atoms with E-state index in [1.807, 2.05) is 30.3 Å². The van der Waals surface area contributed by atoms with Crippen molar-refractivity contribution in [3.63, 3.8) is 0 Å². The highest BCUT2D eigenvalue weighted by molar-refractivity contribution is 5.76. The fourth-order valence-corrected chi connectivity index (χ4v) is 3.59. The Morgan fingerprint density at radius 3 is 2.42 bits per heavy atom. The highest BCUT2D eigenvalue weighted by Crippen LogP contribution is 2.17. The number of carbonyl (C=O) groups is 1. The largest absolute Gasteiger partial charge is 0.421 e. The fraction of sp³-hybridized carbons (Fsp3) is 0.375. The van der Waals surface area contributed by atoms with Crippen LogP contribution in [0.1, 0.15) is 23.4 Å². The van der Waals surface area contributed by atoms with Gasteiger partial charge in [0, 0.05) is 57.7 Å². The molecule has 1 saturated heterocycles. The lowest BCUT2D eigenvalue weighted by Gasteiger charge is -2.32. The molecule has 1 aliphatic heterocycles. The Hall–Kier alpha value is -3.03. The summed E-state index contributed by atoms with van der Waals surface area (Å²) in [4.78, 5) is 17.1. The lowest BCUT2D eigenvalue weighted by molar-refractivity contribution is -0.121. The third kappa shape index (κ3) is 6.23.